The van der Waals surface area contributed by atoms with E-state index in [4.69, 9.17) is 9.47 Å². The van der Waals surface area contributed by atoms with Crippen molar-refractivity contribution < 1.29 is 24.2 Å². The van der Waals surface area contributed by atoms with Gasteiger partial charge in [-0.25, -0.2) is 0 Å². The molecule has 1 aromatic rings. The summed E-state index contributed by atoms with van der Waals surface area (Å²) in [6.07, 6.45) is 2.63. The van der Waals surface area contributed by atoms with Gasteiger partial charge in [0.1, 0.15) is 11.9 Å². The van der Waals surface area contributed by atoms with Crippen LogP contribution in [0.5, 0.6) is 5.75 Å². The maximum atomic E-state index is 12.2. The monoisotopic (exact) mass is 391 g/mol. The predicted molar refractivity (Wildman–Crippen MR) is 105 cm³/mol. The molecule has 0 saturated carbocycles. The molecular formula is C20H29N3O5. The number of rotatable bonds is 9. The third kappa shape index (κ3) is 6.95. The standard InChI is InChI=1S/C20H29N3O5/c1-23(2)12-20(26)22-17-9-8-16(28-18(17)13-24)10-19(25)21-11-14-4-6-15(27-3)7-5-14/h4-9,16-18,24H,10-13H2,1-3H3,(H,21,25)(H,22,26)/t16-,17+,18+/m1/s1. The Labute approximate surface area is 165 Å². The van der Waals surface area contributed by atoms with Crippen LogP contribution < -0.4 is 15.4 Å². The number of nitrogens with one attached hydrogen (secondary N) is 2. The fraction of sp³-hybridized carbons (Fsp3) is 0.500. The van der Waals surface area contributed by atoms with E-state index in [1.54, 1.807) is 38.3 Å². The molecule has 2 rings (SSSR count). The van der Waals surface area contributed by atoms with Crippen molar-refractivity contribution in [1.82, 2.24) is 15.5 Å². The molecule has 2 amide bonds. The Bertz CT molecular complexity index is 675. The molecule has 0 bridgehead atoms. The van der Waals surface area contributed by atoms with Gasteiger partial charge in [0, 0.05) is 6.54 Å². The van der Waals surface area contributed by atoms with Crippen molar-refractivity contribution in [3.05, 3.63) is 42.0 Å². The second-order valence-electron chi connectivity index (χ2n) is 6.94. The molecule has 3 atom stereocenters. The normalized spacial score (nSPS) is 21.4. The molecule has 0 radical (unpaired) electrons. The smallest absolute Gasteiger partial charge is 0.234 e. The number of hydrogen-bond donors (Lipinski definition) is 3. The minimum Gasteiger partial charge on any atom is -0.497 e. The van der Waals surface area contributed by atoms with E-state index in [-0.39, 0.29) is 31.4 Å². The van der Waals surface area contributed by atoms with Crippen molar-refractivity contribution in [1.29, 1.82) is 0 Å². The van der Waals surface area contributed by atoms with Gasteiger partial charge in [0.05, 0.1) is 38.8 Å². The fourth-order valence-electron chi connectivity index (χ4n) is 2.85. The highest BCUT2D eigenvalue weighted by molar-refractivity contribution is 5.79. The number of methoxy groups -OCH3 is 1. The number of nitrogens with zero attached hydrogens (tertiary/aromatic N) is 1. The molecule has 0 aliphatic carbocycles. The maximum Gasteiger partial charge on any atom is 0.234 e. The van der Waals surface area contributed by atoms with Crippen LogP contribution in [0.3, 0.4) is 0 Å². The fourth-order valence-corrected chi connectivity index (χ4v) is 2.85. The molecular weight excluding hydrogens is 362 g/mol. The molecule has 0 aromatic heterocycles. The Balaban J connectivity index is 1.82. The second kappa shape index (κ2) is 10.8. The van der Waals surface area contributed by atoms with Crippen LogP contribution in [0.25, 0.3) is 0 Å². The molecule has 0 fully saturated rings. The average molecular weight is 391 g/mol. The Hall–Kier alpha value is -2.42. The summed E-state index contributed by atoms with van der Waals surface area (Å²) in [7, 11) is 5.21. The summed E-state index contributed by atoms with van der Waals surface area (Å²) in [5.41, 5.74) is 0.964. The number of ether oxygens (including phenoxy) is 2. The zero-order valence-corrected chi connectivity index (χ0v) is 16.6. The first-order chi connectivity index (χ1) is 13.4. The van der Waals surface area contributed by atoms with E-state index >= 15 is 0 Å². The van der Waals surface area contributed by atoms with Crippen LogP contribution >= 0.6 is 0 Å². The van der Waals surface area contributed by atoms with Gasteiger partial charge in [-0.1, -0.05) is 24.3 Å². The largest absolute Gasteiger partial charge is 0.497 e. The summed E-state index contributed by atoms with van der Waals surface area (Å²) in [4.78, 5) is 25.9. The molecule has 0 spiro atoms. The summed E-state index contributed by atoms with van der Waals surface area (Å²) in [5.74, 6) is 0.452. The number of aliphatic hydroxyl groups is 1. The van der Waals surface area contributed by atoms with Crippen molar-refractivity contribution in [3.8, 4) is 5.75 Å². The van der Waals surface area contributed by atoms with E-state index in [2.05, 4.69) is 10.6 Å². The van der Waals surface area contributed by atoms with E-state index in [0.717, 1.165) is 11.3 Å². The van der Waals surface area contributed by atoms with Crippen molar-refractivity contribution >= 4 is 11.8 Å². The summed E-state index contributed by atoms with van der Waals surface area (Å²) in [6, 6.07) is 7.03. The molecule has 1 heterocycles. The van der Waals surface area contributed by atoms with Gasteiger partial charge in [0.25, 0.3) is 0 Å². The topological polar surface area (TPSA) is 100 Å². The Morgan fingerprint density at radius 1 is 1.18 bits per heavy atom. The first-order valence-corrected chi connectivity index (χ1v) is 9.19. The Morgan fingerprint density at radius 2 is 1.89 bits per heavy atom. The van der Waals surface area contributed by atoms with E-state index in [1.165, 1.54) is 0 Å². The van der Waals surface area contributed by atoms with Crippen LogP contribution in [0.2, 0.25) is 0 Å². The van der Waals surface area contributed by atoms with Crippen LogP contribution in [0.4, 0.5) is 0 Å². The SMILES string of the molecule is COc1ccc(CNC(=O)C[C@H]2C=C[C@H](NC(=O)CN(C)C)[C@H](CO)O2)cc1. The average Bonchev–Trinajstić information content (AvgIpc) is 2.67. The number of hydrogen-bond acceptors (Lipinski definition) is 6. The number of likely N-dealkylation sites (N-methyl/N-ethyl adjacent to an activating group) is 1. The lowest BCUT2D eigenvalue weighted by Crippen LogP contribution is -2.50. The van der Waals surface area contributed by atoms with Gasteiger partial charge in [-0.3, -0.25) is 9.59 Å². The lowest BCUT2D eigenvalue weighted by atomic mass is 10.0. The first-order valence-electron chi connectivity index (χ1n) is 9.19. The van der Waals surface area contributed by atoms with Crippen LogP contribution in [0, 0.1) is 0 Å². The van der Waals surface area contributed by atoms with E-state index in [0.29, 0.717) is 6.54 Å². The van der Waals surface area contributed by atoms with Crippen molar-refractivity contribution in [2.75, 3.05) is 34.4 Å². The minimum absolute atomic E-state index is 0.140. The van der Waals surface area contributed by atoms with Crippen LogP contribution in [-0.2, 0) is 20.9 Å². The molecule has 8 nitrogen and oxygen atoms in total. The van der Waals surface area contributed by atoms with E-state index < -0.39 is 18.2 Å². The van der Waals surface area contributed by atoms with Gasteiger partial charge in [-0.05, 0) is 31.8 Å². The van der Waals surface area contributed by atoms with E-state index in [1.807, 2.05) is 24.3 Å². The summed E-state index contributed by atoms with van der Waals surface area (Å²) in [5, 5.41) is 15.2. The molecule has 8 heteroatoms. The van der Waals surface area contributed by atoms with Gasteiger partial charge < -0.3 is 30.1 Å². The predicted octanol–water partition coefficient (Wildman–Crippen LogP) is 0.0638. The van der Waals surface area contributed by atoms with Crippen LogP contribution in [0.1, 0.15) is 12.0 Å². The molecule has 3 N–H and O–H groups in total. The highest BCUT2D eigenvalue weighted by Crippen LogP contribution is 2.16. The van der Waals surface area contributed by atoms with Gasteiger partial charge in [-0.2, -0.15) is 0 Å². The summed E-state index contributed by atoms with van der Waals surface area (Å²) in [6.45, 7) is 0.410. The third-order valence-electron chi connectivity index (χ3n) is 4.29. The lowest BCUT2D eigenvalue weighted by Gasteiger charge is -2.32. The number of aliphatic hydroxyl groups excluding tert-OH is 1. The number of carbonyl (C=O) groups excluding carboxylic acids is 2. The lowest BCUT2D eigenvalue weighted by molar-refractivity contribution is -0.128. The quantitative estimate of drug-likeness (QED) is 0.515. The maximum absolute atomic E-state index is 12.2. The molecule has 28 heavy (non-hydrogen) atoms. The zero-order valence-electron chi connectivity index (χ0n) is 16.6. The minimum atomic E-state index is -0.587. The van der Waals surface area contributed by atoms with Crippen LogP contribution in [0.15, 0.2) is 36.4 Å². The Kier molecular flexibility index (Phi) is 8.43. The Morgan fingerprint density at radius 3 is 2.50 bits per heavy atom. The third-order valence-corrected chi connectivity index (χ3v) is 4.29. The highest BCUT2D eigenvalue weighted by Gasteiger charge is 2.29. The molecule has 0 saturated heterocycles. The highest BCUT2D eigenvalue weighted by atomic mass is 16.5. The molecule has 154 valence electrons. The summed E-state index contributed by atoms with van der Waals surface area (Å²) >= 11 is 0. The first kappa shape index (κ1) is 21.9. The number of benzene rings is 1. The zero-order chi connectivity index (χ0) is 20.5. The van der Waals surface area contributed by atoms with Crippen molar-refractivity contribution in [2.45, 2.75) is 31.2 Å². The van der Waals surface area contributed by atoms with Crippen LogP contribution in [-0.4, -0.2) is 74.4 Å². The van der Waals surface area contributed by atoms with Gasteiger partial charge in [-0.15, -0.1) is 0 Å². The summed E-state index contributed by atoms with van der Waals surface area (Å²) < 4.78 is 10.9. The molecule has 0 unspecified atom stereocenters. The van der Waals surface area contributed by atoms with Gasteiger partial charge in [0.15, 0.2) is 0 Å². The molecule has 1 aliphatic rings. The number of carbonyl (C=O) groups is 2. The number of amides is 2. The van der Waals surface area contributed by atoms with Gasteiger partial charge in [0.2, 0.25) is 11.8 Å². The van der Waals surface area contributed by atoms with Crippen molar-refractivity contribution in [2.24, 2.45) is 0 Å². The molecule has 1 aromatic carbocycles. The van der Waals surface area contributed by atoms with Crippen molar-refractivity contribution in [3.63, 3.8) is 0 Å². The second-order valence-corrected chi connectivity index (χ2v) is 6.94. The van der Waals surface area contributed by atoms with E-state index in [9.17, 15) is 14.7 Å². The van der Waals surface area contributed by atoms with Gasteiger partial charge >= 0.3 is 0 Å². The molecule has 1 aliphatic heterocycles.